The van der Waals surface area contributed by atoms with Crippen molar-refractivity contribution in [3.05, 3.63) is 34.5 Å². The Morgan fingerprint density at radius 1 is 1.40 bits per heavy atom. The minimum atomic E-state index is 0.563. The van der Waals surface area contributed by atoms with Gasteiger partial charge in [-0.1, -0.05) is 31.0 Å². The Bertz CT molecular complexity index is 771. The maximum Gasteiger partial charge on any atom is 0.186 e. The fourth-order valence-corrected chi connectivity index (χ4v) is 2.48. The third-order valence-corrected chi connectivity index (χ3v) is 3.78. The Kier molecular flexibility index (Phi) is 3.14. The number of aromatic nitrogens is 4. The lowest BCUT2D eigenvalue weighted by molar-refractivity contribution is 0.809. The van der Waals surface area contributed by atoms with Gasteiger partial charge in [0.05, 0.1) is 16.8 Å². The van der Waals surface area contributed by atoms with Crippen LogP contribution in [0.3, 0.4) is 0 Å². The average Bonchev–Trinajstić information content (AvgIpc) is 2.96. The fraction of sp³-hybridized carbons (Fsp3) is 0.286. The lowest BCUT2D eigenvalue weighted by Gasteiger charge is -2.04. The molecule has 0 saturated carbocycles. The van der Waals surface area contributed by atoms with Crippen LogP contribution >= 0.6 is 11.6 Å². The predicted octanol–water partition coefficient (Wildman–Crippen LogP) is 3.25. The molecule has 3 rings (SSSR count). The van der Waals surface area contributed by atoms with E-state index in [-0.39, 0.29) is 0 Å². The van der Waals surface area contributed by atoms with Crippen LogP contribution in [0.1, 0.15) is 24.6 Å². The van der Waals surface area contributed by atoms with Gasteiger partial charge in [-0.2, -0.15) is 10.2 Å². The molecule has 0 aliphatic heterocycles. The molecule has 1 aromatic carbocycles. The van der Waals surface area contributed by atoms with E-state index in [9.17, 15) is 0 Å². The van der Waals surface area contributed by atoms with Gasteiger partial charge in [-0.25, -0.2) is 4.68 Å². The Morgan fingerprint density at radius 3 is 2.90 bits per heavy atom. The van der Waals surface area contributed by atoms with Gasteiger partial charge in [0.2, 0.25) is 0 Å². The predicted molar refractivity (Wildman–Crippen MR) is 81.4 cm³/mol. The van der Waals surface area contributed by atoms with Gasteiger partial charge in [0, 0.05) is 5.02 Å². The molecule has 0 spiro atoms. The number of nitrogens with zero attached hydrogens (tertiary/aromatic N) is 3. The first-order chi connectivity index (χ1) is 9.61. The number of anilines is 1. The second-order valence-corrected chi connectivity index (χ2v) is 5.29. The molecule has 2 aromatic heterocycles. The maximum absolute atomic E-state index is 6.19. The first-order valence-electron chi connectivity index (χ1n) is 6.59. The molecule has 6 heteroatoms. The summed E-state index contributed by atoms with van der Waals surface area (Å²) in [5.41, 5.74) is 9.58. The summed E-state index contributed by atoms with van der Waals surface area (Å²) >= 11 is 6.19. The van der Waals surface area contributed by atoms with E-state index in [1.165, 1.54) is 0 Å². The molecule has 0 aliphatic carbocycles. The van der Waals surface area contributed by atoms with Gasteiger partial charge in [0.15, 0.2) is 5.65 Å². The van der Waals surface area contributed by atoms with Crippen LogP contribution in [-0.4, -0.2) is 20.0 Å². The third kappa shape index (κ3) is 1.94. The molecular formula is C14H16ClN5. The zero-order valence-electron chi connectivity index (χ0n) is 11.4. The van der Waals surface area contributed by atoms with Gasteiger partial charge in [0.1, 0.15) is 5.82 Å². The summed E-state index contributed by atoms with van der Waals surface area (Å²) in [7, 11) is 0. The van der Waals surface area contributed by atoms with Crippen molar-refractivity contribution in [2.24, 2.45) is 0 Å². The summed E-state index contributed by atoms with van der Waals surface area (Å²) in [5, 5.41) is 13.3. The summed E-state index contributed by atoms with van der Waals surface area (Å²) in [6.45, 7) is 4.09. The summed E-state index contributed by atoms with van der Waals surface area (Å²) < 4.78 is 1.79. The number of nitrogens with one attached hydrogen (secondary N) is 1. The summed E-state index contributed by atoms with van der Waals surface area (Å²) in [5.74, 6) is 0.563. The number of H-pyrrole nitrogens is 1. The fourth-order valence-electron chi connectivity index (χ4n) is 2.31. The minimum absolute atomic E-state index is 0.563. The number of nitrogens with two attached hydrogens (primary N) is 1. The van der Waals surface area contributed by atoms with Gasteiger partial charge in [-0.3, -0.25) is 5.10 Å². The molecule has 2 heterocycles. The quantitative estimate of drug-likeness (QED) is 0.777. The smallest absolute Gasteiger partial charge is 0.186 e. The number of nitrogen functional groups attached to an aromatic ring is 1. The van der Waals surface area contributed by atoms with Crippen molar-refractivity contribution < 1.29 is 0 Å². The van der Waals surface area contributed by atoms with Crippen molar-refractivity contribution in [2.75, 3.05) is 5.73 Å². The normalized spacial score (nSPS) is 11.3. The average molecular weight is 290 g/mol. The highest BCUT2D eigenvalue weighted by molar-refractivity contribution is 6.31. The first kappa shape index (κ1) is 13.0. The van der Waals surface area contributed by atoms with Crippen molar-refractivity contribution >= 4 is 28.5 Å². The number of fused-ring (bicyclic) bond motifs is 1. The van der Waals surface area contributed by atoms with Crippen LogP contribution in [0.4, 0.5) is 5.82 Å². The summed E-state index contributed by atoms with van der Waals surface area (Å²) in [6.07, 6.45) is 1.87. The van der Waals surface area contributed by atoms with Crippen LogP contribution in [-0.2, 0) is 6.42 Å². The standard InChI is InChI=1S/C14H16ClN5/c1-3-4-11-12-13(16)17-18-14(12)20(19-11)9-6-5-8(2)10(15)7-9/h5-7H,3-4H2,1-2H3,(H3,16,17,18). The number of aromatic amines is 1. The second kappa shape index (κ2) is 4.83. The van der Waals surface area contributed by atoms with Gasteiger partial charge >= 0.3 is 0 Å². The number of rotatable bonds is 3. The van der Waals surface area contributed by atoms with Crippen LogP contribution in [0, 0.1) is 6.92 Å². The first-order valence-corrected chi connectivity index (χ1v) is 6.97. The third-order valence-electron chi connectivity index (χ3n) is 3.37. The van der Waals surface area contributed by atoms with Crippen molar-refractivity contribution in [2.45, 2.75) is 26.7 Å². The van der Waals surface area contributed by atoms with Crippen molar-refractivity contribution in [1.82, 2.24) is 20.0 Å². The summed E-state index contributed by atoms with van der Waals surface area (Å²) in [6, 6.07) is 5.85. The van der Waals surface area contributed by atoms with Crippen molar-refractivity contribution in [3.63, 3.8) is 0 Å². The molecule has 0 bridgehead atoms. The van der Waals surface area contributed by atoms with Crippen molar-refractivity contribution in [1.29, 1.82) is 0 Å². The minimum Gasteiger partial charge on any atom is -0.383 e. The number of hydrogen-bond donors (Lipinski definition) is 2. The monoisotopic (exact) mass is 289 g/mol. The molecule has 0 unspecified atom stereocenters. The van der Waals surface area contributed by atoms with E-state index in [2.05, 4.69) is 22.2 Å². The molecule has 3 aromatic rings. The Labute approximate surface area is 121 Å². The van der Waals surface area contributed by atoms with Gasteiger partial charge < -0.3 is 5.73 Å². The largest absolute Gasteiger partial charge is 0.383 e. The molecule has 0 amide bonds. The van der Waals surface area contributed by atoms with Gasteiger partial charge in [-0.15, -0.1) is 0 Å². The highest BCUT2D eigenvalue weighted by Crippen LogP contribution is 2.27. The molecule has 0 fully saturated rings. The van der Waals surface area contributed by atoms with E-state index in [0.29, 0.717) is 10.8 Å². The highest BCUT2D eigenvalue weighted by Gasteiger charge is 2.17. The van der Waals surface area contributed by atoms with Crippen LogP contribution in [0.2, 0.25) is 5.02 Å². The van der Waals surface area contributed by atoms with Crippen LogP contribution < -0.4 is 5.73 Å². The highest BCUT2D eigenvalue weighted by atomic mass is 35.5. The number of benzene rings is 1. The molecule has 0 radical (unpaired) electrons. The second-order valence-electron chi connectivity index (χ2n) is 4.88. The molecule has 0 saturated heterocycles. The zero-order chi connectivity index (χ0) is 14.3. The van der Waals surface area contributed by atoms with E-state index in [1.54, 1.807) is 4.68 Å². The molecule has 0 atom stereocenters. The lowest BCUT2D eigenvalue weighted by atomic mass is 10.2. The maximum atomic E-state index is 6.19. The molecular weight excluding hydrogens is 274 g/mol. The van der Waals surface area contributed by atoms with Crippen molar-refractivity contribution in [3.8, 4) is 5.69 Å². The Hall–Kier alpha value is -2.01. The molecule has 5 nitrogen and oxygen atoms in total. The van der Waals surface area contributed by atoms with E-state index < -0.39 is 0 Å². The van der Waals surface area contributed by atoms with E-state index in [0.717, 1.165) is 40.8 Å². The Balaban J connectivity index is 2.22. The number of halogens is 1. The molecule has 20 heavy (non-hydrogen) atoms. The SMILES string of the molecule is CCCc1nn(-c2ccc(C)c(Cl)c2)c2n[nH]c(N)c12. The summed E-state index contributed by atoms with van der Waals surface area (Å²) in [4.78, 5) is 0. The number of aryl methyl sites for hydroxylation is 2. The topological polar surface area (TPSA) is 72.5 Å². The molecule has 0 aliphatic rings. The number of hydrogen-bond acceptors (Lipinski definition) is 3. The molecule has 104 valence electrons. The van der Waals surface area contributed by atoms with E-state index in [4.69, 9.17) is 17.3 Å². The Morgan fingerprint density at radius 2 is 2.20 bits per heavy atom. The zero-order valence-corrected chi connectivity index (χ0v) is 12.2. The van der Waals surface area contributed by atoms with Gasteiger partial charge in [0.25, 0.3) is 0 Å². The van der Waals surface area contributed by atoms with Crippen LogP contribution in [0.5, 0.6) is 0 Å². The molecule has 3 N–H and O–H groups in total. The van der Waals surface area contributed by atoms with Crippen LogP contribution in [0.15, 0.2) is 18.2 Å². The van der Waals surface area contributed by atoms with Gasteiger partial charge in [-0.05, 0) is 31.0 Å². The van der Waals surface area contributed by atoms with E-state index >= 15 is 0 Å². The lowest BCUT2D eigenvalue weighted by Crippen LogP contribution is -1.99. The van der Waals surface area contributed by atoms with Crippen LogP contribution in [0.25, 0.3) is 16.7 Å². The van der Waals surface area contributed by atoms with E-state index in [1.807, 2.05) is 25.1 Å².